The van der Waals surface area contributed by atoms with Crippen LogP contribution in [0.5, 0.6) is 0 Å². The van der Waals surface area contributed by atoms with Crippen molar-refractivity contribution in [1.82, 2.24) is 4.98 Å². The molecule has 2 aromatic heterocycles. The summed E-state index contributed by atoms with van der Waals surface area (Å²) in [5.74, 6) is -0.267. The van der Waals surface area contributed by atoms with Crippen molar-refractivity contribution in [1.29, 1.82) is 0 Å². The number of carbonyl (C=O) groups is 1. The molecule has 0 aliphatic heterocycles. The Kier molecular flexibility index (Phi) is 2.06. The number of Topliss-reactive ketones (excluding diaryl/α,β-unsaturated/α-hetero) is 1. The molecule has 3 rings (SSSR count). The molecule has 1 unspecified atom stereocenters. The van der Waals surface area contributed by atoms with Gasteiger partial charge in [-0.1, -0.05) is 6.07 Å². The fourth-order valence-electron chi connectivity index (χ4n) is 2.23. The molecule has 0 radical (unpaired) electrons. The van der Waals surface area contributed by atoms with Crippen molar-refractivity contribution in [3.8, 4) is 11.4 Å². The molecule has 0 saturated heterocycles. The van der Waals surface area contributed by atoms with Gasteiger partial charge in [0.15, 0.2) is 6.20 Å². The maximum Gasteiger partial charge on any atom is 0.242 e. The summed E-state index contributed by atoms with van der Waals surface area (Å²) in [7, 11) is 1.86. The lowest BCUT2D eigenvalue weighted by Crippen LogP contribution is -2.36. The minimum absolute atomic E-state index is 0.267. The van der Waals surface area contributed by atoms with Crippen LogP contribution in [-0.2, 0) is 7.05 Å². The number of pyridine rings is 2. The van der Waals surface area contributed by atoms with E-state index in [9.17, 15) is 9.90 Å². The topological polar surface area (TPSA) is 54.1 Å². The number of aliphatic hydroxyl groups is 1. The zero-order chi connectivity index (χ0) is 12.0. The highest BCUT2D eigenvalue weighted by molar-refractivity contribution is 6.07. The first-order chi connectivity index (χ1) is 8.20. The Morgan fingerprint density at radius 1 is 1.35 bits per heavy atom. The normalized spacial score (nSPS) is 17.5. The number of rotatable bonds is 0. The van der Waals surface area contributed by atoms with Gasteiger partial charge < -0.3 is 5.11 Å². The number of aliphatic hydroxyl groups excluding tert-OH is 1. The zero-order valence-electron chi connectivity index (χ0n) is 9.29. The van der Waals surface area contributed by atoms with E-state index < -0.39 is 6.10 Å². The standard InChI is InChI=1S/C13H11N2O2/c1-15-7-3-5-9-11(15)10-8(4-2-6-14-10)12(16)13(9)17/h2-7,12,16H,1H3/q+1. The Morgan fingerprint density at radius 3 is 3.00 bits per heavy atom. The second-order valence-corrected chi connectivity index (χ2v) is 4.09. The lowest BCUT2D eigenvalue weighted by atomic mass is 9.89. The summed E-state index contributed by atoms with van der Waals surface area (Å²) < 4.78 is 1.85. The summed E-state index contributed by atoms with van der Waals surface area (Å²) in [6.07, 6.45) is 2.43. The van der Waals surface area contributed by atoms with Crippen LogP contribution in [0.1, 0.15) is 22.0 Å². The Labute approximate surface area is 98.2 Å². The first kappa shape index (κ1) is 10.1. The van der Waals surface area contributed by atoms with E-state index in [2.05, 4.69) is 4.98 Å². The van der Waals surface area contributed by atoms with Crippen molar-refractivity contribution in [3.63, 3.8) is 0 Å². The van der Waals surface area contributed by atoms with Gasteiger partial charge in [0.2, 0.25) is 11.5 Å². The van der Waals surface area contributed by atoms with Crippen LogP contribution in [0.15, 0.2) is 36.7 Å². The maximum atomic E-state index is 12.0. The highest BCUT2D eigenvalue weighted by Crippen LogP contribution is 2.34. The molecule has 0 fully saturated rings. The second kappa shape index (κ2) is 3.46. The summed E-state index contributed by atoms with van der Waals surface area (Å²) in [6, 6.07) is 6.97. The van der Waals surface area contributed by atoms with Crippen LogP contribution in [0.2, 0.25) is 0 Å². The van der Waals surface area contributed by atoms with Gasteiger partial charge in [-0.15, -0.1) is 0 Å². The van der Waals surface area contributed by atoms with E-state index in [1.165, 1.54) is 0 Å². The van der Waals surface area contributed by atoms with Crippen molar-refractivity contribution in [2.75, 3.05) is 0 Å². The average Bonchev–Trinajstić information content (AvgIpc) is 2.36. The third-order valence-corrected chi connectivity index (χ3v) is 3.05. The van der Waals surface area contributed by atoms with E-state index in [0.717, 1.165) is 5.69 Å². The van der Waals surface area contributed by atoms with Crippen LogP contribution in [0.3, 0.4) is 0 Å². The first-order valence-corrected chi connectivity index (χ1v) is 5.36. The summed E-state index contributed by atoms with van der Waals surface area (Å²) in [5.41, 5.74) is 2.54. The molecule has 17 heavy (non-hydrogen) atoms. The molecule has 1 aliphatic rings. The quantitative estimate of drug-likeness (QED) is 0.677. The molecule has 1 N–H and O–H groups in total. The highest BCUT2D eigenvalue weighted by Gasteiger charge is 2.36. The number of fused-ring (bicyclic) bond motifs is 3. The summed E-state index contributed by atoms with van der Waals surface area (Å²) in [5, 5.41) is 9.97. The monoisotopic (exact) mass is 227 g/mol. The first-order valence-electron chi connectivity index (χ1n) is 5.36. The summed E-state index contributed by atoms with van der Waals surface area (Å²) in [4.78, 5) is 16.3. The van der Waals surface area contributed by atoms with Gasteiger partial charge in [-0.3, -0.25) is 4.79 Å². The van der Waals surface area contributed by atoms with Gasteiger partial charge in [0.05, 0.1) is 5.56 Å². The summed E-state index contributed by atoms with van der Waals surface area (Å²) >= 11 is 0. The van der Waals surface area contributed by atoms with E-state index in [1.54, 1.807) is 30.5 Å². The lowest BCUT2D eigenvalue weighted by Gasteiger charge is -2.19. The minimum Gasteiger partial charge on any atom is -0.380 e. The van der Waals surface area contributed by atoms with Crippen molar-refractivity contribution in [2.45, 2.75) is 6.10 Å². The van der Waals surface area contributed by atoms with E-state index in [0.29, 0.717) is 16.8 Å². The van der Waals surface area contributed by atoms with Crippen molar-refractivity contribution >= 4 is 5.78 Å². The Hall–Kier alpha value is -2.07. The molecule has 0 bridgehead atoms. The molecule has 4 heteroatoms. The zero-order valence-corrected chi connectivity index (χ0v) is 9.29. The van der Waals surface area contributed by atoms with Gasteiger partial charge in [0, 0.05) is 17.8 Å². The largest absolute Gasteiger partial charge is 0.380 e. The van der Waals surface area contributed by atoms with Gasteiger partial charge in [-0.2, -0.15) is 4.57 Å². The molecule has 1 aliphatic carbocycles. The molecular formula is C13H11N2O2+. The van der Waals surface area contributed by atoms with E-state index >= 15 is 0 Å². The van der Waals surface area contributed by atoms with Crippen LogP contribution in [-0.4, -0.2) is 15.9 Å². The van der Waals surface area contributed by atoms with Crippen LogP contribution in [0.4, 0.5) is 0 Å². The van der Waals surface area contributed by atoms with Gasteiger partial charge in [0.25, 0.3) is 0 Å². The Morgan fingerprint density at radius 2 is 2.18 bits per heavy atom. The lowest BCUT2D eigenvalue weighted by molar-refractivity contribution is -0.660. The van der Waals surface area contributed by atoms with Gasteiger partial charge in [-0.25, -0.2) is 4.98 Å². The number of hydrogen-bond donors (Lipinski definition) is 1. The van der Waals surface area contributed by atoms with Gasteiger partial charge >= 0.3 is 0 Å². The van der Waals surface area contributed by atoms with Crippen LogP contribution >= 0.6 is 0 Å². The minimum atomic E-state index is -1.10. The SMILES string of the molecule is C[n+]1cccc2c1-c1ncccc1C(O)C2=O. The fraction of sp³-hybridized carbons (Fsp3) is 0.154. The van der Waals surface area contributed by atoms with Crippen LogP contribution < -0.4 is 4.57 Å². The number of nitrogens with zero attached hydrogens (tertiary/aromatic N) is 2. The molecule has 2 aromatic rings. The maximum absolute atomic E-state index is 12.0. The molecular weight excluding hydrogens is 216 g/mol. The Bertz CT molecular complexity index is 623. The molecule has 0 amide bonds. The number of hydrogen-bond acceptors (Lipinski definition) is 3. The van der Waals surface area contributed by atoms with Crippen molar-refractivity contribution < 1.29 is 14.5 Å². The third-order valence-electron chi connectivity index (χ3n) is 3.05. The number of aromatic nitrogens is 2. The predicted octanol–water partition coefficient (Wildman–Crippen LogP) is 0.803. The summed E-state index contributed by atoms with van der Waals surface area (Å²) in [6.45, 7) is 0. The molecule has 4 nitrogen and oxygen atoms in total. The fourth-order valence-corrected chi connectivity index (χ4v) is 2.23. The van der Waals surface area contributed by atoms with Crippen molar-refractivity contribution in [2.24, 2.45) is 7.05 Å². The highest BCUT2D eigenvalue weighted by atomic mass is 16.3. The number of aryl methyl sites for hydroxylation is 1. The molecule has 0 spiro atoms. The second-order valence-electron chi connectivity index (χ2n) is 4.09. The molecule has 2 heterocycles. The van der Waals surface area contributed by atoms with Gasteiger partial charge in [0.1, 0.15) is 18.8 Å². The number of carbonyl (C=O) groups excluding carboxylic acids is 1. The Balaban J connectivity index is 2.41. The van der Waals surface area contributed by atoms with Gasteiger partial charge in [-0.05, 0) is 12.1 Å². The van der Waals surface area contributed by atoms with Crippen molar-refractivity contribution in [3.05, 3.63) is 47.8 Å². The molecule has 0 saturated carbocycles. The number of ketones is 1. The smallest absolute Gasteiger partial charge is 0.242 e. The average molecular weight is 227 g/mol. The molecule has 84 valence electrons. The van der Waals surface area contributed by atoms with Crippen LogP contribution in [0, 0.1) is 0 Å². The van der Waals surface area contributed by atoms with E-state index in [1.807, 2.05) is 17.8 Å². The molecule has 0 aromatic carbocycles. The van der Waals surface area contributed by atoms with E-state index in [-0.39, 0.29) is 5.78 Å². The van der Waals surface area contributed by atoms with Crippen LogP contribution in [0.25, 0.3) is 11.4 Å². The third kappa shape index (κ3) is 1.31. The van der Waals surface area contributed by atoms with E-state index in [4.69, 9.17) is 0 Å². The molecule has 1 atom stereocenters. The predicted molar refractivity (Wildman–Crippen MR) is 60.1 cm³/mol.